The van der Waals surface area contributed by atoms with Crippen molar-refractivity contribution in [3.63, 3.8) is 0 Å². The molecule has 0 aliphatic heterocycles. The first kappa shape index (κ1) is 11.6. The summed E-state index contributed by atoms with van der Waals surface area (Å²) < 4.78 is 0. The third-order valence-electron chi connectivity index (χ3n) is 1.64. The van der Waals surface area contributed by atoms with Crippen LogP contribution in [-0.2, 0) is 4.79 Å². The van der Waals surface area contributed by atoms with Gasteiger partial charge in [-0.25, -0.2) is 0 Å². The normalized spacial score (nSPS) is 11.6. The van der Waals surface area contributed by atoms with E-state index in [0.717, 1.165) is 5.56 Å². The van der Waals surface area contributed by atoms with Crippen LogP contribution < -0.4 is 0 Å². The Balaban J connectivity index is 3.09. The Morgan fingerprint density at radius 2 is 2.00 bits per heavy atom. The van der Waals surface area contributed by atoms with Crippen molar-refractivity contribution in [3.05, 3.63) is 39.4 Å². The fraction of sp³-hybridized carbons (Fsp3) is 0.100. The monoisotopic (exact) mass is 248 g/mol. The Kier molecular flexibility index (Phi) is 3.99. The van der Waals surface area contributed by atoms with E-state index in [9.17, 15) is 4.79 Å². The molecule has 0 saturated carbocycles. The highest BCUT2D eigenvalue weighted by molar-refractivity contribution is 6.68. The molecule has 1 aromatic carbocycles. The predicted octanol–water partition coefficient (Wildman–Crippen LogP) is 4.16. The van der Waals surface area contributed by atoms with E-state index in [0.29, 0.717) is 15.6 Å². The minimum Gasteiger partial charge on any atom is -0.276 e. The van der Waals surface area contributed by atoms with Gasteiger partial charge in [-0.05, 0) is 42.3 Å². The quantitative estimate of drug-likeness (QED) is 0.568. The van der Waals surface area contributed by atoms with Gasteiger partial charge in [-0.15, -0.1) is 0 Å². The molecule has 0 radical (unpaired) electrons. The zero-order chi connectivity index (χ0) is 10.7. The van der Waals surface area contributed by atoms with Gasteiger partial charge >= 0.3 is 0 Å². The van der Waals surface area contributed by atoms with E-state index >= 15 is 0 Å². The maximum atomic E-state index is 10.8. The lowest BCUT2D eigenvalue weighted by atomic mass is 10.1. The number of hydrogen-bond donors (Lipinski definition) is 0. The third kappa shape index (κ3) is 3.02. The van der Waals surface area contributed by atoms with Crippen molar-refractivity contribution in [2.75, 3.05) is 0 Å². The van der Waals surface area contributed by atoms with Crippen LogP contribution in [0, 0.1) is 0 Å². The van der Waals surface area contributed by atoms with Crippen molar-refractivity contribution in [3.8, 4) is 0 Å². The van der Waals surface area contributed by atoms with Crippen LogP contribution in [0.3, 0.4) is 0 Å². The number of benzene rings is 1. The molecule has 0 N–H and O–H groups in total. The Labute approximate surface area is 97.3 Å². The van der Waals surface area contributed by atoms with E-state index in [1.54, 1.807) is 31.2 Å². The van der Waals surface area contributed by atoms with Gasteiger partial charge in [-0.2, -0.15) is 0 Å². The molecule has 0 unspecified atom stereocenters. The minimum atomic E-state index is -0.490. The smallest absolute Gasteiger partial charge is 0.248 e. The molecule has 0 heterocycles. The summed E-state index contributed by atoms with van der Waals surface area (Å²) in [6.45, 7) is 1.63. The highest BCUT2D eigenvalue weighted by Gasteiger charge is 2.02. The lowest BCUT2D eigenvalue weighted by Crippen LogP contribution is -1.87. The first-order valence-electron chi connectivity index (χ1n) is 3.84. The molecule has 0 spiro atoms. The van der Waals surface area contributed by atoms with Gasteiger partial charge in [-0.3, -0.25) is 4.79 Å². The van der Waals surface area contributed by atoms with E-state index in [-0.39, 0.29) is 0 Å². The van der Waals surface area contributed by atoms with Crippen molar-refractivity contribution < 1.29 is 4.79 Å². The lowest BCUT2D eigenvalue weighted by molar-refractivity contribution is -0.108. The molecular weight excluding hydrogens is 242 g/mol. The molecule has 0 fully saturated rings. The fourth-order valence-corrected chi connectivity index (χ4v) is 1.43. The van der Waals surface area contributed by atoms with Gasteiger partial charge in [0.05, 0.1) is 0 Å². The number of carbonyl (C=O) groups is 1. The summed E-state index contributed by atoms with van der Waals surface area (Å²) in [5, 5.41) is 0.563. The molecule has 0 aliphatic carbocycles. The van der Waals surface area contributed by atoms with Gasteiger partial charge in [0.25, 0.3) is 0 Å². The van der Waals surface area contributed by atoms with E-state index in [2.05, 4.69) is 0 Å². The van der Waals surface area contributed by atoms with Gasteiger partial charge in [0.1, 0.15) is 0 Å². The molecule has 74 valence electrons. The SMILES string of the molecule is CC(=Cc1ccc(Cl)cc1Cl)C(=O)Cl. The topological polar surface area (TPSA) is 17.1 Å². The van der Waals surface area contributed by atoms with Gasteiger partial charge in [-0.1, -0.05) is 29.3 Å². The third-order valence-corrected chi connectivity index (χ3v) is 2.51. The molecule has 14 heavy (non-hydrogen) atoms. The molecule has 0 amide bonds. The van der Waals surface area contributed by atoms with E-state index < -0.39 is 5.24 Å². The van der Waals surface area contributed by atoms with Gasteiger partial charge in [0.2, 0.25) is 5.24 Å². The zero-order valence-electron chi connectivity index (χ0n) is 7.35. The largest absolute Gasteiger partial charge is 0.276 e. The number of hydrogen-bond acceptors (Lipinski definition) is 1. The second-order valence-corrected chi connectivity index (χ2v) is 3.95. The highest BCUT2D eigenvalue weighted by atomic mass is 35.5. The summed E-state index contributed by atoms with van der Waals surface area (Å²) in [5.41, 5.74) is 1.17. The first-order chi connectivity index (χ1) is 6.50. The zero-order valence-corrected chi connectivity index (χ0v) is 9.62. The van der Waals surface area contributed by atoms with Crippen molar-refractivity contribution in [2.45, 2.75) is 6.92 Å². The van der Waals surface area contributed by atoms with Crippen LogP contribution >= 0.6 is 34.8 Å². The number of rotatable bonds is 2. The Bertz CT molecular complexity index is 396. The summed E-state index contributed by atoms with van der Waals surface area (Å²) in [6, 6.07) is 5.04. The van der Waals surface area contributed by atoms with Crippen LogP contribution in [0.25, 0.3) is 6.08 Å². The average Bonchev–Trinajstić information content (AvgIpc) is 2.09. The first-order valence-corrected chi connectivity index (χ1v) is 4.97. The van der Waals surface area contributed by atoms with E-state index in [4.69, 9.17) is 34.8 Å². The van der Waals surface area contributed by atoms with Crippen LogP contribution in [0.2, 0.25) is 10.0 Å². The van der Waals surface area contributed by atoms with Crippen molar-refractivity contribution in [1.82, 2.24) is 0 Å². The molecule has 1 aromatic rings. The van der Waals surface area contributed by atoms with E-state index in [1.807, 2.05) is 0 Å². The standard InChI is InChI=1S/C10H7Cl3O/c1-6(10(13)14)4-7-2-3-8(11)5-9(7)12/h2-5H,1H3. The number of halogens is 3. The summed E-state index contributed by atoms with van der Waals surface area (Å²) in [6.07, 6.45) is 1.62. The van der Waals surface area contributed by atoms with Gasteiger partial charge in [0, 0.05) is 15.6 Å². The summed E-state index contributed by atoms with van der Waals surface area (Å²) >= 11 is 16.9. The van der Waals surface area contributed by atoms with Crippen LogP contribution in [-0.4, -0.2) is 5.24 Å². The van der Waals surface area contributed by atoms with Crippen LogP contribution in [0.5, 0.6) is 0 Å². The Morgan fingerprint density at radius 1 is 1.36 bits per heavy atom. The molecule has 0 aromatic heterocycles. The molecule has 0 bridgehead atoms. The molecule has 1 rings (SSSR count). The fourth-order valence-electron chi connectivity index (χ4n) is 0.909. The average molecular weight is 250 g/mol. The van der Waals surface area contributed by atoms with Crippen molar-refractivity contribution in [1.29, 1.82) is 0 Å². The maximum Gasteiger partial charge on any atom is 0.248 e. The lowest BCUT2D eigenvalue weighted by Gasteiger charge is -1.99. The van der Waals surface area contributed by atoms with Gasteiger partial charge < -0.3 is 0 Å². The second-order valence-electron chi connectivity index (χ2n) is 2.77. The molecule has 4 heteroatoms. The van der Waals surface area contributed by atoms with Gasteiger partial charge in [0.15, 0.2) is 0 Å². The van der Waals surface area contributed by atoms with Crippen LogP contribution in [0.1, 0.15) is 12.5 Å². The van der Waals surface area contributed by atoms with Crippen LogP contribution in [0.15, 0.2) is 23.8 Å². The minimum absolute atomic E-state index is 0.441. The number of carbonyl (C=O) groups excluding carboxylic acids is 1. The van der Waals surface area contributed by atoms with Crippen LogP contribution in [0.4, 0.5) is 0 Å². The molecule has 0 saturated heterocycles. The van der Waals surface area contributed by atoms with Crippen molar-refractivity contribution >= 4 is 46.1 Å². The molecule has 1 nitrogen and oxygen atoms in total. The second kappa shape index (κ2) is 4.83. The molecular formula is C10H7Cl3O. The maximum absolute atomic E-state index is 10.8. The summed E-state index contributed by atoms with van der Waals surface area (Å²) in [5.74, 6) is 0. The van der Waals surface area contributed by atoms with Crippen molar-refractivity contribution in [2.24, 2.45) is 0 Å². The Morgan fingerprint density at radius 3 is 2.50 bits per heavy atom. The molecule has 0 atom stereocenters. The number of allylic oxidation sites excluding steroid dienone is 1. The highest BCUT2D eigenvalue weighted by Crippen LogP contribution is 2.23. The summed E-state index contributed by atoms with van der Waals surface area (Å²) in [4.78, 5) is 10.8. The predicted molar refractivity (Wildman–Crippen MR) is 61.0 cm³/mol. The summed E-state index contributed by atoms with van der Waals surface area (Å²) in [7, 11) is 0. The Hall–Kier alpha value is -0.500. The van der Waals surface area contributed by atoms with E-state index in [1.165, 1.54) is 0 Å². The molecule has 0 aliphatic rings.